The van der Waals surface area contributed by atoms with Crippen LogP contribution in [0.1, 0.15) is 33.1 Å². The summed E-state index contributed by atoms with van der Waals surface area (Å²) in [5.41, 5.74) is 4.40. The van der Waals surface area contributed by atoms with Crippen molar-refractivity contribution in [1.29, 1.82) is 0 Å². The van der Waals surface area contributed by atoms with Gasteiger partial charge in [-0.05, 0) is 49.7 Å². The Hall–Kier alpha value is -4.26. The highest BCUT2D eigenvalue weighted by molar-refractivity contribution is 6.03. The van der Waals surface area contributed by atoms with Crippen LogP contribution in [0.3, 0.4) is 0 Å². The van der Waals surface area contributed by atoms with Crippen LogP contribution in [0, 0.1) is 13.8 Å². The molecule has 4 rings (SSSR count). The predicted octanol–water partition coefficient (Wildman–Crippen LogP) is 4.46. The maximum absolute atomic E-state index is 12.4. The van der Waals surface area contributed by atoms with Gasteiger partial charge in [0.05, 0.1) is 13.0 Å². The molecular weight excluding hydrogens is 416 g/mol. The third-order valence-electron chi connectivity index (χ3n) is 5.06. The number of amides is 2. The monoisotopic (exact) mass is 440 g/mol. The van der Waals surface area contributed by atoms with Gasteiger partial charge in [-0.25, -0.2) is 4.98 Å². The van der Waals surface area contributed by atoms with Crippen LogP contribution < -0.4 is 10.6 Å². The fourth-order valence-corrected chi connectivity index (χ4v) is 3.39. The van der Waals surface area contributed by atoms with Crippen LogP contribution in [0.15, 0.2) is 77.3 Å². The average molecular weight is 441 g/mol. The van der Waals surface area contributed by atoms with E-state index in [0.717, 1.165) is 11.1 Å². The highest BCUT2D eigenvalue weighted by atomic mass is 16.4. The predicted molar refractivity (Wildman–Crippen MR) is 126 cm³/mol. The third kappa shape index (κ3) is 5.71. The van der Waals surface area contributed by atoms with Crippen LogP contribution in [-0.4, -0.2) is 21.8 Å². The largest absolute Gasteiger partial charge is 0.441 e. The minimum atomic E-state index is -0.298. The van der Waals surface area contributed by atoms with Crippen molar-refractivity contribution in [1.82, 2.24) is 15.3 Å². The summed E-state index contributed by atoms with van der Waals surface area (Å²) in [6, 6.07) is 20.3. The lowest BCUT2D eigenvalue weighted by atomic mass is 10.1. The van der Waals surface area contributed by atoms with Gasteiger partial charge in [-0.15, -0.1) is 0 Å². The van der Waals surface area contributed by atoms with Gasteiger partial charge in [0.1, 0.15) is 17.1 Å². The second-order valence-corrected chi connectivity index (χ2v) is 7.71. The van der Waals surface area contributed by atoms with Crippen molar-refractivity contribution in [3.63, 3.8) is 0 Å². The molecule has 7 nitrogen and oxygen atoms in total. The summed E-state index contributed by atoms with van der Waals surface area (Å²) in [6.07, 6.45) is 1.88. The second kappa shape index (κ2) is 9.91. The molecule has 0 atom stereocenters. The first-order valence-electron chi connectivity index (χ1n) is 10.6. The van der Waals surface area contributed by atoms with Gasteiger partial charge >= 0.3 is 0 Å². The van der Waals surface area contributed by atoms with Crippen molar-refractivity contribution in [3.05, 3.63) is 101 Å². The Morgan fingerprint density at radius 1 is 0.970 bits per heavy atom. The molecule has 0 spiro atoms. The van der Waals surface area contributed by atoms with Crippen molar-refractivity contribution < 1.29 is 14.0 Å². The SMILES string of the molecule is Cc1cccc(CC(=O)NCc2nc(-c3cccc(NC(=O)c4ccccn4)c3)oc2C)c1. The summed E-state index contributed by atoms with van der Waals surface area (Å²) in [6.45, 7) is 4.09. The summed E-state index contributed by atoms with van der Waals surface area (Å²) in [7, 11) is 0. The Labute approximate surface area is 191 Å². The van der Waals surface area contributed by atoms with Crippen LogP contribution in [0.25, 0.3) is 11.5 Å². The zero-order chi connectivity index (χ0) is 23.2. The van der Waals surface area contributed by atoms with Crippen molar-refractivity contribution in [2.75, 3.05) is 5.32 Å². The van der Waals surface area contributed by atoms with Crippen LogP contribution in [-0.2, 0) is 17.8 Å². The summed E-state index contributed by atoms with van der Waals surface area (Å²) < 4.78 is 5.82. The Bertz CT molecular complexity index is 1280. The molecule has 4 aromatic rings. The highest BCUT2D eigenvalue weighted by Crippen LogP contribution is 2.24. The number of rotatable bonds is 7. The first kappa shape index (κ1) is 22.0. The van der Waals surface area contributed by atoms with E-state index in [1.807, 2.05) is 50.2 Å². The maximum atomic E-state index is 12.4. The van der Waals surface area contributed by atoms with E-state index in [-0.39, 0.29) is 18.4 Å². The Balaban J connectivity index is 1.41. The summed E-state index contributed by atoms with van der Waals surface area (Å²) in [5.74, 6) is 0.672. The molecule has 0 fully saturated rings. The second-order valence-electron chi connectivity index (χ2n) is 7.71. The molecule has 2 amide bonds. The fraction of sp³-hybridized carbons (Fsp3) is 0.154. The molecule has 2 aromatic carbocycles. The molecule has 166 valence electrons. The maximum Gasteiger partial charge on any atom is 0.274 e. The van der Waals surface area contributed by atoms with E-state index in [1.54, 1.807) is 36.5 Å². The van der Waals surface area contributed by atoms with E-state index in [9.17, 15) is 9.59 Å². The number of carbonyl (C=O) groups excluding carboxylic acids is 2. The Morgan fingerprint density at radius 2 is 1.82 bits per heavy atom. The number of hydrogen-bond acceptors (Lipinski definition) is 5. The standard InChI is InChI=1S/C26H24N4O3/c1-17-7-5-8-19(13-17)14-24(31)28-16-23-18(2)33-26(30-23)20-9-6-10-21(15-20)29-25(32)22-11-3-4-12-27-22/h3-13,15H,14,16H2,1-2H3,(H,28,31)(H,29,32). The molecule has 7 heteroatoms. The number of benzene rings is 2. The number of aromatic nitrogens is 2. The molecule has 2 heterocycles. The van der Waals surface area contributed by atoms with Crippen LogP contribution >= 0.6 is 0 Å². The van der Waals surface area contributed by atoms with Gasteiger partial charge in [0.25, 0.3) is 5.91 Å². The minimum Gasteiger partial charge on any atom is -0.441 e. The van der Waals surface area contributed by atoms with Gasteiger partial charge in [0.15, 0.2) is 0 Å². The molecule has 33 heavy (non-hydrogen) atoms. The minimum absolute atomic E-state index is 0.0798. The van der Waals surface area contributed by atoms with Crippen LogP contribution in [0.5, 0.6) is 0 Å². The smallest absolute Gasteiger partial charge is 0.274 e. The van der Waals surface area contributed by atoms with E-state index in [4.69, 9.17) is 4.42 Å². The van der Waals surface area contributed by atoms with E-state index in [0.29, 0.717) is 40.7 Å². The number of hydrogen-bond donors (Lipinski definition) is 2. The van der Waals surface area contributed by atoms with Gasteiger partial charge in [0.2, 0.25) is 11.8 Å². The van der Waals surface area contributed by atoms with Gasteiger partial charge in [0, 0.05) is 17.4 Å². The lowest BCUT2D eigenvalue weighted by Gasteiger charge is -2.05. The Morgan fingerprint density at radius 3 is 2.61 bits per heavy atom. The zero-order valence-electron chi connectivity index (χ0n) is 18.5. The highest BCUT2D eigenvalue weighted by Gasteiger charge is 2.14. The molecule has 2 N–H and O–H groups in total. The van der Waals surface area contributed by atoms with Crippen molar-refractivity contribution >= 4 is 17.5 Å². The van der Waals surface area contributed by atoms with E-state index >= 15 is 0 Å². The molecule has 0 aliphatic carbocycles. The number of nitrogens with one attached hydrogen (secondary N) is 2. The molecule has 0 aliphatic heterocycles. The van der Waals surface area contributed by atoms with Gasteiger partial charge < -0.3 is 15.1 Å². The number of anilines is 1. The van der Waals surface area contributed by atoms with Crippen LogP contribution in [0.2, 0.25) is 0 Å². The molecular formula is C26H24N4O3. The van der Waals surface area contributed by atoms with Crippen LogP contribution in [0.4, 0.5) is 5.69 Å². The van der Waals surface area contributed by atoms with E-state index < -0.39 is 0 Å². The van der Waals surface area contributed by atoms with E-state index in [1.165, 1.54) is 0 Å². The van der Waals surface area contributed by atoms with E-state index in [2.05, 4.69) is 20.6 Å². The lowest BCUT2D eigenvalue weighted by molar-refractivity contribution is -0.120. The quantitative estimate of drug-likeness (QED) is 0.442. The lowest BCUT2D eigenvalue weighted by Crippen LogP contribution is -2.25. The third-order valence-corrected chi connectivity index (χ3v) is 5.06. The molecule has 0 saturated heterocycles. The topological polar surface area (TPSA) is 97.1 Å². The first-order valence-corrected chi connectivity index (χ1v) is 10.6. The molecule has 0 unspecified atom stereocenters. The van der Waals surface area contributed by atoms with Crippen molar-refractivity contribution in [2.24, 2.45) is 0 Å². The number of carbonyl (C=O) groups is 2. The van der Waals surface area contributed by atoms with Crippen molar-refractivity contribution in [3.8, 4) is 11.5 Å². The van der Waals surface area contributed by atoms with Crippen molar-refractivity contribution in [2.45, 2.75) is 26.8 Å². The molecule has 0 bridgehead atoms. The van der Waals surface area contributed by atoms with Gasteiger partial charge in [-0.1, -0.05) is 42.0 Å². The number of nitrogens with zero attached hydrogens (tertiary/aromatic N) is 2. The van der Waals surface area contributed by atoms with Gasteiger partial charge in [-0.2, -0.15) is 0 Å². The average Bonchev–Trinajstić information content (AvgIpc) is 3.19. The summed E-state index contributed by atoms with van der Waals surface area (Å²) >= 11 is 0. The normalized spacial score (nSPS) is 10.6. The molecule has 2 aromatic heterocycles. The Kier molecular flexibility index (Phi) is 6.59. The molecule has 0 aliphatic rings. The first-order chi connectivity index (χ1) is 16.0. The summed E-state index contributed by atoms with van der Waals surface area (Å²) in [5, 5.41) is 5.73. The molecule has 0 saturated carbocycles. The number of oxazole rings is 1. The van der Waals surface area contributed by atoms with Gasteiger partial charge in [-0.3, -0.25) is 14.6 Å². The summed E-state index contributed by atoms with van der Waals surface area (Å²) in [4.78, 5) is 33.3. The number of pyridine rings is 1. The fourth-order valence-electron chi connectivity index (χ4n) is 3.39. The zero-order valence-corrected chi connectivity index (χ0v) is 18.5. The number of aryl methyl sites for hydroxylation is 2. The molecule has 0 radical (unpaired) electrons.